The van der Waals surface area contributed by atoms with Crippen LogP contribution in [-0.4, -0.2) is 32.7 Å². The fourth-order valence-corrected chi connectivity index (χ4v) is 2.60. The van der Waals surface area contributed by atoms with Crippen LogP contribution in [0.1, 0.15) is 57.0 Å². The van der Waals surface area contributed by atoms with Gasteiger partial charge < -0.3 is 9.63 Å². The lowest BCUT2D eigenvalue weighted by Gasteiger charge is -2.23. The van der Waals surface area contributed by atoms with Crippen LogP contribution in [0.5, 0.6) is 0 Å². The number of aliphatic hydroxyl groups is 1. The summed E-state index contributed by atoms with van der Waals surface area (Å²) >= 11 is 0. The van der Waals surface area contributed by atoms with E-state index in [9.17, 15) is 9.50 Å². The van der Waals surface area contributed by atoms with Gasteiger partial charge in [-0.2, -0.15) is 4.98 Å². The summed E-state index contributed by atoms with van der Waals surface area (Å²) in [5.74, 6) is 0.956. The van der Waals surface area contributed by atoms with Gasteiger partial charge in [0, 0.05) is 18.0 Å². The lowest BCUT2D eigenvalue weighted by molar-refractivity contribution is 0.102. The van der Waals surface area contributed by atoms with Gasteiger partial charge in [-0.3, -0.25) is 4.90 Å². The first-order valence-electron chi connectivity index (χ1n) is 8.33. The highest BCUT2D eigenvalue weighted by atomic mass is 19.1. The Morgan fingerprint density at radius 1 is 1.29 bits per heavy atom. The van der Waals surface area contributed by atoms with Crippen molar-refractivity contribution >= 4 is 0 Å². The fourth-order valence-electron chi connectivity index (χ4n) is 2.60. The van der Waals surface area contributed by atoms with Crippen LogP contribution in [0.3, 0.4) is 0 Å². The zero-order valence-electron chi connectivity index (χ0n) is 14.4. The van der Waals surface area contributed by atoms with Gasteiger partial charge in [0.15, 0.2) is 5.82 Å². The molecule has 6 heteroatoms. The number of aliphatic hydroxyl groups excluding tert-OH is 1. The van der Waals surface area contributed by atoms with Crippen molar-refractivity contribution in [2.45, 2.75) is 57.7 Å². The SMILES string of the molecule is CC(C)(C)c1nc(CN(C[C@H](O)c2ccc(F)cc2)C2CC2)no1. The Balaban J connectivity index is 1.67. The third-order valence-corrected chi connectivity index (χ3v) is 4.18. The molecule has 1 aliphatic carbocycles. The smallest absolute Gasteiger partial charge is 0.232 e. The molecule has 24 heavy (non-hydrogen) atoms. The van der Waals surface area contributed by atoms with Crippen LogP contribution in [-0.2, 0) is 12.0 Å². The van der Waals surface area contributed by atoms with Gasteiger partial charge in [-0.25, -0.2) is 4.39 Å². The lowest BCUT2D eigenvalue weighted by Crippen LogP contribution is -2.31. The van der Waals surface area contributed by atoms with Crippen molar-refractivity contribution in [2.75, 3.05) is 6.54 Å². The van der Waals surface area contributed by atoms with Crippen molar-refractivity contribution in [3.05, 3.63) is 47.4 Å². The number of hydrogen-bond donors (Lipinski definition) is 1. The summed E-state index contributed by atoms with van der Waals surface area (Å²) in [5, 5.41) is 14.5. The fraction of sp³-hybridized carbons (Fsp3) is 0.556. The van der Waals surface area contributed by atoms with Crippen LogP contribution < -0.4 is 0 Å². The predicted octanol–water partition coefficient (Wildman–Crippen LogP) is 3.20. The molecular weight excluding hydrogens is 309 g/mol. The molecule has 1 atom stereocenters. The molecule has 1 saturated carbocycles. The number of benzene rings is 1. The monoisotopic (exact) mass is 333 g/mol. The molecule has 1 heterocycles. The molecule has 0 unspecified atom stereocenters. The number of rotatable bonds is 6. The molecule has 0 amide bonds. The Kier molecular flexibility index (Phi) is 4.69. The summed E-state index contributed by atoms with van der Waals surface area (Å²) in [7, 11) is 0. The van der Waals surface area contributed by atoms with Crippen molar-refractivity contribution in [3.63, 3.8) is 0 Å². The van der Waals surface area contributed by atoms with Crippen molar-refractivity contribution in [1.29, 1.82) is 0 Å². The number of halogens is 1. The molecule has 0 aliphatic heterocycles. The minimum Gasteiger partial charge on any atom is -0.387 e. The highest BCUT2D eigenvalue weighted by molar-refractivity contribution is 5.19. The average molecular weight is 333 g/mol. The van der Waals surface area contributed by atoms with Crippen LogP contribution in [0.2, 0.25) is 0 Å². The second-order valence-corrected chi connectivity index (χ2v) is 7.49. The van der Waals surface area contributed by atoms with E-state index in [1.807, 2.05) is 20.8 Å². The normalized spacial score (nSPS) is 16.6. The molecule has 1 aromatic heterocycles. The maximum atomic E-state index is 13.0. The Labute approximate surface area is 141 Å². The topological polar surface area (TPSA) is 62.4 Å². The summed E-state index contributed by atoms with van der Waals surface area (Å²) in [5.41, 5.74) is 0.536. The zero-order valence-corrected chi connectivity index (χ0v) is 14.4. The minimum atomic E-state index is -0.666. The Bertz CT molecular complexity index is 674. The number of aromatic nitrogens is 2. The molecule has 1 fully saturated rings. The van der Waals surface area contributed by atoms with Crippen molar-refractivity contribution in [1.82, 2.24) is 15.0 Å². The quantitative estimate of drug-likeness (QED) is 0.879. The van der Waals surface area contributed by atoms with Gasteiger partial charge in [0.2, 0.25) is 5.89 Å². The van der Waals surface area contributed by atoms with Crippen molar-refractivity contribution in [2.24, 2.45) is 0 Å². The third-order valence-electron chi connectivity index (χ3n) is 4.18. The predicted molar refractivity (Wildman–Crippen MR) is 87.8 cm³/mol. The highest BCUT2D eigenvalue weighted by Crippen LogP contribution is 2.30. The standard InChI is InChI=1S/C18H24FN3O2/c1-18(2,3)17-20-16(21-24-17)11-22(14-8-9-14)10-15(23)12-4-6-13(19)7-5-12/h4-7,14-15,23H,8-11H2,1-3H3/t15-/m0/s1. The van der Waals surface area contributed by atoms with E-state index in [0.29, 0.717) is 36.4 Å². The summed E-state index contributed by atoms with van der Waals surface area (Å²) in [6.45, 7) is 7.10. The summed E-state index contributed by atoms with van der Waals surface area (Å²) in [6.07, 6.45) is 1.56. The van der Waals surface area contributed by atoms with Gasteiger partial charge in [-0.15, -0.1) is 0 Å². The summed E-state index contributed by atoms with van der Waals surface area (Å²) in [4.78, 5) is 6.64. The zero-order chi connectivity index (χ0) is 17.3. The van der Waals surface area contributed by atoms with E-state index in [1.165, 1.54) is 12.1 Å². The second-order valence-electron chi connectivity index (χ2n) is 7.49. The molecule has 0 spiro atoms. The van der Waals surface area contributed by atoms with E-state index in [0.717, 1.165) is 12.8 Å². The van der Waals surface area contributed by atoms with E-state index < -0.39 is 6.10 Å². The third kappa shape index (κ3) is 4.19. The minimum absolute atomic E-state index is 0.177. The summed E-state index contributed by atoms with van der Waals surface area (Å²) in [6, 6.07) is 6.43. The first-order chi connectivity index (χ1) is 11.3. The van der Waals surface area contributed by atoms with Crippen LogP contribution in [0.4, 0.5) is 4.39 Å². The van der Waals surface area contributed by atoms with E-state index in [2.05, 4.69) is 15.0 Å². The molecule has 1 aromatic carbocycles. The van der Waals surface area contributed by atoms with Crippen LogP contribution in [0, 0.1) is 5.82 Å². The van der Waals surface area contributed by atoms with E-state index in [-0.39, 0.29) is 11.2 Å². The molecule has 1 N–H and O–H groups in total. The second kappa shape index (κ2) is 6.61. The largest absolute Gasteiger partial charge is 0.387 e. The Morgan fingerprint density at radius 2 is 1.96 bits per heavy atom. The molecule has 2 aromatic rings. The van der Waals surface area contributed by atoms with Crippen LogP contribution in [0.25, 0.3) is 0 Å². The van der Waals surface area contributed by atoms with Gasteiger partial charge in [-0.05, 0) is 30.5 Å². The molecular formula is C18H24FN3O2. The lowest BCUT2D eigenvalue weighted by atomic mass is 9.97. The maximum absolute atomic E-state index is 13.0. The molecule has 130 valence electrons. The molecule has 5 nitrogen and oxygen atoms in total. The van der Waals surface area contributed by atoms with E-state index in [1.54, 1.807) is 12.1 Å². The first-order valence-corrected chi connectivity index (χ1v) is 8.33. The molecule has 3 rings (SSSR count). The molecule has 1 aliphatic rings. The highest BCUT2D eigenvalue weighted by Gasteiger charge is 2.32. The van der Waals surface area contributed by atoms with E-state index >= 15 is 0 Å². The van der Waals surface area contributed by atoms with Crippen molar-refractivity contribution < 1.29 is 14.0 Å². The Hall–Kier alpha value is -1.79. The molecule has 0 radical (unpaired) electrons. The average Bonchev–Trinajstić information content (AvgIpc) is 3.25. The Morgan fingerprint density at radius 3 is 2.50 bits per heavy atom. The number of nitrogens with zero attached hydrogens (tertiary/aromatic N) is 3. The van der Waals surface area contributed by atoms with Gasteiger partial charge >= 0.3 is 0 Å². The van der Waals surface area contributed by atoms with Crippen LogP contribution >= 0.6 is 0 Å². The van der Waals surface area contributed by atoms with Gasteiger partial charge in [0.25, 0.3) is 0 Å². The number of hydrogen-bond acceptors (Lipinski definition) is 5. The van der Waals surface area contributed by atoms with E-state index in [4.69, 9.17) is 4.52 Å². The first kappa shape index (κ1) is 17.0. The maximum Gasteiger partial charge on any atom is 0.232 e. The van der Waals surface area contributed by atoms with Gasteiger partial charge in [-0.1, -0.05) is 38.1 Å². The van der Waals surface area contributed by atoms with Crippen LogP contribution in [0.15, 0.2) is 28.8 Å². The molecule has 0 saturated heterocycles. The summed E-state index contributed by atoms with van der Waals surface area (Å²) < 4.78 is 18.4. The van der Waals surface area contributed by atoms with Crippen molar-refractivity contribution in [3.8, 4) is 0 Å². The van der Waals surface area contributed by atoms with Gasteiger partial charge in [0.1, 0.15) is 5.82 Å². The van der Waals surface area contributed by atoms with Gasteiger partial charge in [0.05, 0.1) is 12.6 Å². The molecule has 0 bridgehead atoms.